The number of hydrogen-bond acceptors (Lipinski definition) is 12. The molecule has 0 aliphatic carbocycles. The average molecular weight is 680 g/mol. The lowest BCUT2D eigenvalue weighted by Gasteiger charge is -2.30. The summed E-state index contributed by atoms with van der Waals surface area (Å²) < 4.78 is 18.9. The molecule has 0 saturated carbocycles. The van der Waals surface area contributed by atoms with Crippen molar-refractivity contribution in [1.29, 1.82) is 0 Å². The average Bonchev–Trinajstić information content (AvgIpc) is 3.54. The van der Waals surface area contributed by atoms with Gasteiger partial charge in [-0.3, -0.25) is 23.7 Å². The molecule has 2 N–H and O–H groups in total. The Labute approximate surface area is 283 Å². The van der Waals surface area contributed by atoms with Crippen LogP contribution in [0.2, 0.25) is 0 Å². The lowest BCUT2D eigenvalue weighted by Crippen LogP contribution is -2.43. The number of fused-ring (bicyclic) bond motifs is 1. The molecule has 3 aromatic rings. The predicted molar refractivity (Wildman–Crippen MR) is 179 cm³/mol. The highest BCUT2D eigenvalue weighted by Gasteiger charge is 2.49. The maximum absolute atomic E-state index is 13.2. The Bertz CT molecular complexity index is 1780. The van der Waals surface area contributed by atoms with Crippen LogP contribution in [0.25, 0.3) is 11.2 Å². The second-order valence-corrected chi connectivity index (χ2v) is 13.8. The van der Waals surface area contributed by atoms with Crippen molar-refractivity contribution in [2.24, 2.45) is 0 Å². The third kappa shape index (κ3) is 8.39. The summed E-state index contributed by atoms with van der Waals surface area (Å²) in [6, 6.07) is 3.71. The molecule has 0 bridgehead atoms. The number of amides is 1. The number of aromatic nitrogens is 4. The highest BCUT2D eigenvalue weighted by molar-refractivity contribution is 8.13. The van der Waals surface area contributed by atoms with E-state index in [0.717, 1.165) is 22.9 Å². The van der Waals surface area contributed by atoms with Gasteiger partial charge in [-0.05, 0) is 44.4 Å². The third-order valence-corrected chi connectivity index (χ3v) is 8.82. The lowest BCUT2D eigenvalue weighted by atomic mass is 9.78. The number of imidazole rings is 1. The van der Waals surface area contributed by atoms with Crippen molar-refractivity contribution in [2.75, 3.05) is 17.7 Å². The van der Waals surface area contributed by atoms with E-state index in [1.807, 2.05) is 33.8 Å². The molecule has 48 heavy (non-hydrogen) atoms. The van der Waals surface area contributed by atoms with E-state index in [4.69, 9.17) is 20.6 Å². The van der Waals surface area contributed by atoms with Gasteiger partial charge in [-0.1, -0.05) is 37.6 Å². The van der Waals surface area contributed by atoms with Crippen molar-refractivity contribution in [3.8, 4) is 18.1 Å². The number of aryl methyl sites for hydroxylation is 3. The molecule has 2 aromatic heterocycles. The van der Waals surface area contributed by atoms with Gasteiger partial charge in [0, 0.05) is 43.4 Å². The maximum atomic E-state index is 13.2. The molecular weight excluding hydrogens is 638 g/mol. The molecule has 256 valence electrons. The standard InChI is InChI=1S/C34H41N5O8S/c1-9-34(17-45-28(44)16-33(7,8)29-20(3)13-19(2)14-24(29)46-22(5)40)25(42)15-27(47-34)39-18-35-30-31(36-21(4)37-32(30)39)38-26(43)11-10-12-48-23(6)41/h1,13-14,18,25,27,42H,10-12,15-17H2,2-8H3,(H,36,37,38,43)/t25-,27+,34+/m0/s1. The van der Waals surface area contributed by atoms with Crippen molar-refractivity contribution in [3.63, 3.8) is 0 Å². The normalized spacial score (nSPS) is 19.1. The molecule has 14 heteroatoms. The lowest BCUT2D eigenvalue weighted by molar-refractivity contribution is -0.157. The number of nitrogens with zero attached hydrogens (tertiary/aromatic N) is 4. The summed E-state index contributed by atoms with van der Waals surface area (Å²) in [7, 11) is 0. The first-order valence-electron chi connectivity index (χ1n) is 15.5. The van der Waals surface area contributed by atoms with Crippen LogP contribution in [0, 0.1) is 33.1 Å². The van der Waals surface area contributed by atoms with E-state index in [9.17, 15) is 24.3 Å². The largest absolute Gasteiger partial charge is 0.461 e. The summed E-state index contributed by atoms with van der Waals surface area (Å²) in [5.74, 6) is 2.66. The number of hydrogen-bond donors (Lipinski definition) is 2. The number of anilines is 1. The minimum absolute atomic E-state index is 0.00594. The highest BCUT2D eigenvalue weighted by atomic mass is 32.2. The first kappa shape index (κ1) is 36.5. The number of aliphatic hydroxyl groups excluding tert-OH is 1. The maximum Gasteiger partial charge on any atom is 0.308 e. The summed E-state index contributed by atoms with van der Waals surface area (Å²) in [6.45, 7) is 11.5. The molecule has 0 spiro atoms. The second-order valence-electron chi connectivity index (χ2n) is 12.6. The van der Waals surface area contributed by atoms with Crippen LogP contribution in [0.1, 0.15) is 82.1 Å². The number of carbonyl (C=O) groups excluding carboxylic acids is 4. The molecule has 1 aromatic carbocycles. The van der Waals surface area contributed by atoms with Gasteiger partial charge in [0.25, 0.3) is 0 Å². The van der Waals surface area contributed by atoms with Crippen LogP contribution in [0.15, 0.2) is 18.5 Å². The summed E-state index contributed by atoms with van der Waals surface area (Å²) >= 11 is 1.16. The Morgan fingerprint density at radius 2 is 1.94 bits per heavy atom. The number of carbonyl (C=O) groups is 4. The Morgan fingerprint density at radius 1 is 1.21 bits per heavy atom. The Hall–Kier alpha value is -4.32. The van der Waals surface area contributed by atoms with Crippen molar-refractivity contribution in [3.05, 3.63) is 41.0 Å². The molecule has 1 fully saturated rings. The van der Waals surface area contributed by atoms with E-state index in [1.54, 1.807) is 17.6 Å². The molecule has 0 radical (unpaired) electrons. The highest BCUT2D eigenvalue weighted by Crippen LogP contribution is 2.40. The van der Waals surface area contributed by atoms with Crippen molar-refractivity contribution >= 4 is 51.7 Å². The van der Waals surface area contributed by atoms with Crippen LogP contribution in [0.4, 0.5) is 5.82 Å². The number of rotatable bonds is 12. The van der Waals surface area contributed by atoms with Gasteiger partial charge in [-0.25, -0.2) is 15.0 Å². The minimum atomic E-state index is -1.65. The van der Waals surface area contributed by atoms with Crippen LogP contribution < -0.4 is 10.1 Å². The molecule has 3 atom stereocenters. The molecule has 0 unspecified atom stereocenters. The Balaban J connectivity index is 1.47. The van der Waals surface area contributed by atoms with Crippen molar-refractivity contribution in [1.82, 2.24) is 19.5 Å². The molecular formula is C34H41N5O8S. The van der Waals surface area contributed by atoms with Gasteiger partial charge in [0.15, 0.2) is 27.7 Å². The van der Waals surface area contributed by atoms with Gasteiger partial charge in [0.1, 0.15) is 30.5 Å². The van der Waals surface area contributed by atoms with E-state index < -0.39 is 41.9 Å². The molecule has 4 rings (SSSR count). The molecule has 1 amide bonds. The zero-order valence-corrected chi connectivity index (χ0v) is 29.0. The number of ether oxygens (including phenoxy) is 3. The third-order valence-electron chi connectivity index (χ3n) is 7.92. The smallest absolute Gasteiger partial charge is 0.308 e. The van der Waals surface area contributed by atoms with Crippen LogP contribution in [0.5, 0.6) is 5.75 Å². The van der Waals surface area contributed by atoms with Gasteiger partial charge in [0.05, 0.1) is 12.7 Å². The van der Waals surface area contributed by atoms with E-state index in [2.05, 4.69) is 26.2 Å². The number of nitrogens with one attached hydrogen (secondary N) is 1. The Kier molecular flexibility index (Phi) is 11.3. The number of aliphatic hydroxyl groups is 1. The first-order chi connectivity index (χ1) is 22.5. The zero-order chi connectivity index (χ0) is 35.4. The summed E-state index contributed by atoms with van der Waals surface area (Å²) in [4.78, 5) is 62.0. The molecule has 3 heterocycles. The van der Waals surface area contributed by atoms with Crippen LogP contribution in [-0.2, 0) is 34.1 Å². The summed E-state index contributed by atoms with van der Waals surface area (Å²) in [5.41, 5.74) is 0.710. The topological polar surface area (TPSA) is 172 Å². The van der Waals surface area contributed by atoms with Gasteiger partial charge in [-0.2, -0.15) is 0 Å². The monoisotopic (exact) mass is 679 g/mol. The predicted octanol–water partition coefficient (Wildman–Crippen LogP) is 4.24. The van der Waals surface area contributed by atoms with Gasteiger partial charge < -0.3 is 24.6 Å². The summed E-state index contributed by atoms with van der Waals surface area (Å²) in [5, 5.41) is 13.9. The number of benzene rings is 1. The van der Waals surface area contributed by atoms with Gasteiger partial charge >= 0.3 is 11.9 Å². The van der Waals surface area contributed by atoms with E-state index >= 15 is 0 Å². The molecule has 13 nitrogen and oxygen atoms in total. The van der Waals surface area contributed by atoms with Crippen molar-refractivity contribution < 1.29 is 38.5 Å². The molecule has 1 aliphatic heterocycles. The quantitative estimate of drug-likeness (QED) is 0.121. The first-order valence-corrected chi connectivity index (χ1v) is 16.5. The fourth-order valence-corrected chi connectivity index (χ4v) is 6.49. The van der Waals surface area contributed by atoms with Crippen LogP contribution in [0.3, 0.4) is 0 Å². The van der Waals surface area contributed by atoms with Gasteiger partial charge in [-0.15, -0.1) is 6.42 Å². The second kappa shape index (κ2) is 14.8. The summed E-state index contributed by atoms with van der Waals surface area (Å²) in [6.07, 6.45) is 6.00. The van der Waals surface area contributed by atoms with Crippen molar-refractivity contribution in [2.45, 2.75) is 97.5 Å². The SMILES string of the molecule is C#C[C@]1(COC(=O)CC(C)(C)c2c(C)cc(C)cc2OC(C)=O)O[C@@H](n2cnc3c(NC(=O)CCCSC(C)=O)nc(C)nc32)C[C@@H]1O. The number of thioether (sulfide) groups is 1. The fourth-order valence-electron chi connectivity index (χ4n) is 5.91. The molecule has 1 aliphatic rings. The van der Waals surface area contributed by atoms with E-state index in [-0.39, 0.29) is 36.1 Å². The Morgan fingerprint density at radius 3 is 2.60 bits per heavy atom. The zero-order valence-electron chi connectivity index (χ0n) is 28.2. The van der Waals surface area contributed by atoms with Crippen LogP contribution in [-0.4, -0.2) is 71.7 Å². The van der Waals surface area contributed by atoms with E-state index in [0.29, 0.717) is 40.5 Å². The minimum Gasteiger partial charge on any atom is -0.461 e. The van der Waals surface area contributed by atoms with Crippen LogP contribution >= 0.6 is 11.8 Å². The fraction of sp³-hybridized carbons (Fsp3) is 0.500. The number of esters is 2. The molecule has 1 saturated heterocycles. The van der Waals surface area contributed by atoms with Gasteiger partial charge in [0.2, 0.25) is 5.91 Å². The number of terminal acetylenes is 1. The van der Waals surface area contributed by atoms with E-state index in [1.165, 1.54) is 20.2 Å².